The summed E-state index contributed by atoms with van der Waals surface area (Å²) in [6.07, 6.45) is 0.970. The molecule has 2 fully saturated rings. The lowest BCUT2D eigenvalue weighted by atomic mass is 9.77. The van der Waals surface area contributed by atoms with E-state index >= 15 is 0 Å². The van der Waals surface area contributed by atoms with Gasteiger partial charge >= 0.3 is 5.97 Å². The summed E-state index contributed by atoms with van der Waals surface area (Å²) in [6.45, 7) is 5.28. The van der Waals surface area contributed by atoms with Gasteiger partial charge in [-0.15, -0.1) is 0 Å². The number of benzene rings is 2. The predicted octanol–water partition coefficient (Wildman–Crippen LogP) is 3.79. The normalized spacial score (nSPS) is 26.0. The van der Waals surface area contributed by atoms with Gasteiger partial charge in [0.1, 0.15) is 5.82 Å². The van der Waals surface area contributed by atoms with Gasteiger partial charge < -0.3 is 10.1 Å². The number of nitrogens with zero attached hydrogens (tertiary/aromatic N) is 2. The summed E-state index contributed by atoms with van der Waals surface area (Å²) in [7, 11) is 0. The van der Waals surface area contributed by atoms with Crippen molar-refractivity contribution >= 4 is 23.3 Å². The number of hydrogen-bond acceptors (Lipinski definition) is 5. The standard InChI is InChI=1S/C25H28FN3O3/c1-3-32-24(31)21-22(27)25(29(23(21)30)20-11-7-10-19(26)14-20)12-13-28(17(2)15-25)16-18-8-5-4-6-9-18/h4-11,14,17,21,27H,3,12-13,15-16H2,1-2H3/t17-,21?,25+/m0/s1. The van der Waals surface area contributed by atoms with E-state index in [4.69, 9.17) is 10.1 Å². The number of esters is 1. The fourth-order valence-corrected chi connectivity index (χ4v) is 5.06. The van der Waals surface area contributed by atoms with Gasteiger partial charge in [0.2, 0.25) is 5.91 Å². The van der Waals surface area contributed by atoms with Gasteiger partial charge in [-0.05, 0) is 50.5 Å². The Labute approximate surface area is 187 Å². The van der Waals surface area contributed by atoms with Crippen molar-refractivity contribution < 1.29 is 18.7 Å². The number of amides is 1. The van der Waals surface area contributed by atoms with Crippen LogP contribution < -0.4 is 4.90 Å². The Bertz CT molecular complexity index is 1030. The van der Waals surface area contributed by atoms with Crippen molar-refractivity contribution in [2.45, 2.75) is 44.8 Å². The first-order valence-corrected chi connectivity index (χ1v) is 11.0. The van der Waals surface area contributed by atoms with Gasteiger partial charge in [-0.1, -0.05) is 36.4 Å². The number of halogens is 1. The van der Waals surface area contributed by atoms with Gasteiger partial charge in [0, 0.05) is 24.8 Å². The number of rotatable bonds is 5. The molecule has 32 heavy (non-hydrogen) atoms. The molecule has 1 N–H and O–H groups in total. The Morgan fingerprint density at radius 3 is 2.62 bits per heavy atom. The number of anilines is 1. The topological polar surface area (TPSA) is 73.7 Å². The fourth-order valence-electron chi connectivity index (χ4n) is 5.06. The highest BCUT2D eigenvalue weighted by Gasteiger charge is 2.60. The van der Waals surface area contributed by atoms with Crippen molar-refractivity contribution in [1.29, 1.82) is 5.41 Å². The Hall–Kier alpha value is -3.06. The molecule has 1 spiro atoms. The van der Waals surface area contributed by atoms with Gasteiger partial charge in [-0.2, -0.15) is 0 Å². The van der Waals surface area contributed by atoms with E-state index in [0.717, 1.165) is 6.54 Å². The van der Waals surface area contributed by atoms with Crippen molar-refractivity contribution in [3.8, 4) is 0 Å². The molecule has 2 heterocycles. The minimum Gasteiger partial charge on any atom is -0.465 e. The summed E-state index contributed by atoms with van der Waals surface area (Å²) in [5.41, 5.74) is 0.639. The number of nitrogens with one attached hydrogen (secondary N) is 1. The minimum absolute atomic E-state index is 0.0501. The molecule has 0 bridgehead atoms. The van der Waals surface area contributed by atoms with Crippen LogP contribution in [0.1, 0.15) is 32.3 Å². The van der Waals surface area contributed by atoms with E-state index in [2.05, 4.69) is 24.0 Å². The van der Waals surface area contributed by atoms with Gasteiger partial charge in [0.15, 0.2) is 5.92 Å². The maximum atomic E-state index is 14.1. The van der Waals surface area contributed by atoms with Crippen molar-refractivity contribution in [1.82, 2.24) is 4.90 Å². The van der Waals surface area contributed by atoms with Gasteiger partial charge in [0.25, 0.3) is 0 Å². The summed E-state index contributed by atoms with van der Waals surface area (Å²) < 4.78 is 19.2. The number of hydrogen-bond donors (Lipinski definition) is 1. The summed E-state index contributed by atoms with van der Waals surface area (Å²) in [4.78, 5) is 29.9. The van der Waals surface area contributed by atoms with Crippen LogP contribution >= 0.6 is 0 Å². The third kappa shape index (κ3) is 3.81. The summed E-state index contributed by atoms with van der Waals surface area (Å²) in [5.74, 6) is -2.97. The van der Waals surface area contributed by atoms with Crippen LogP contribution in [0.5, 0.6) is 0 Å². The fraction of sp³-hybridized carbons (Fsp3) is 0.400. The van der Waals surface area contributed by atoms with Crippen molar-refractivity contribution in [2.75, 3.05) is 18.1 Å². The average Bonchev–Trinajstić information content (AvgIpc) is 2.97. The maximum absolute atomic E-state index is 14.1. The molecule has 0 radical (unpaired) electrons. The lowest BCUT2D eigenvalue weighted by Crippen LogP contribution is -2.59. The number of ether oxygens (including phenoxy) is 1. The molecular formula is C25H28FN3O3. The zero-order chi connectivity index (χ0) is 22.9. The number of likely N-dealkylation sites (tertiary alicyclic amines) is 1. The van der Waals surface area contributed by atoms with E-state index < -0.39 is 29.2 Å². The Morgan fingerprint density at radius 2 is 1.97 bits per heavy atom. The van der Waals surface area contributed by atoms with Crippen LogP contribution in [0.4, 0.5) is 10.1 Å². The highest BCUT2D eigenvalue weighted by molar-refractivity contribution is 6.31. The Kier molecular flexibility index (Phi) is 6.11. The second-order valence-electron chi connectivity index (χ2n) is 8.54. The average molecular weight is 438 g/mol. The van der Waals surface area contributed by atoms with Crippen LogP contribution in [-0.4, -0.2) is 47.2 Å². The van der Waals surface area contributed by atoms with Gasteiger partial charge in [-0.25, -0.2) is 4.39 Å². The molecule has 0 aliphatic carbocycles. The smallest absolute Gasteiger partial charge is 0.324 e. The van der Waals surface area contributed by atoms with Crippen LogP contribution in [0.2, 0.25) is 0 Å². The maximum Gasteiger partial charge on any atom is 0.324 e. The first kappa shape index (κ1) is 22.1. The molecule has 0 saturated carbocycles. The van der Waals surface area contributed by atoms with E-state index in [1.807, 2.05) is 18.2 Å². The van der Waals surface area contributed by atoms with E-state index in [-0.39, 0.29) is 18.4 Å². The molecule has 3 atom stereocenters. The number of carbonyl (C=O) groups is 2. The van der Waals surface area contributed by atoms with E-state index in [0.29, 0.717) is 25.1 Å². The molecule has 2 aliphatic rings. The summed E-state index contributed by atoms with van der Waals surface area (Å²) in [5, 5.41) is 8.92. The van der Waals surface area contributed by atoms with Gasteiger partial charge in [0.05, 0.1) is 17.9 Å². The largest absolute Gasteiger partial charge is 0.465 e. The summed E-state index contributed by atoms with van der Waals surface area (Å²) in [6, 6.07) is 16.0. The quantitative estimate of drug-likeness (QED) is 0.571. The van der Waals surface area contributed by atoms with Crippen molar-refractivity contribution in [2.24, 2.45) is 5.92 Å². The zero-order valence-corrected chi connectivity index (χ0v) is 18.4. The number of piperidine rings is 1. The molecule has 2 aliphatic heterocycles. The predicted molar refractivity (Wildman–Crippen MR) is 120 cm³/mol. The van der Waals surface area contributed by atoms with Crippen molar-refractivity contribution in [3.05, 3.63) is 66.0 Å². The monoisotopic (exact) mass is 437 g/mol. The van der Waals surface area contributed by atoms with Crippen LogP contribution in [0.3, 0.4) is 0 Å². The first-order chi connectivity index (χ1) is 15.4. The molecule has 1 unspecified atom stereocenters. The number of carbonyl (C=O) groups excluding carboxylic acids is 2. The van der Waals surface area contributed by atoms with Gasteiger partial charge in [-0.3, -0.25) is 19.4 Å². The third-order valence-corrected chi connectivity index (χ3v) is 6.57. The summed E-state index contributed by atoms with van der Waals surface area (Å²) >= 11 is 0. The van der Waals surface area contributed by atoms with Crippen LogP contribution in [0.25, 0.3) is 0 Å². The molecule has 2 saturated heterocycles. The van der Waals surface area contributed by atoms with E-state index in [1.165, 1.54) is 22.6 Å². The van der Waals surface area contributed by atoms with Crippen molar-refractivity contribution in [3.63, 3.8) is 0 Å². The molecule has 2 aromatic rings. The molecule has 2 aromatic carbocycles. The second-order valence-corrected chi connectivity index (χ2v) is 8.54. The van der Waals surface area contributed by atoms with Crippen LogP contribution in [0, 0.1) is 17.1 Å². The lowest BCUT2D eigenvalue weighted by molar-refractivity contribution is -0.148. The first-order valence-electron chi connectivity index (χ1n) is 11.0. The Balaban J connectivity index is 1.68. The van der Waals surface area contributed by atoms with E-state index in [9.17, 15) is 14.0 Å². The molecule has 168 valence electrons. The molecule has 7 heteroatoms. The zero-order valence-electron chi connectivity index (χ0n) is 18.4. The SMILES string of the molecule is CCOC(=O)C1C(=N)[C@]2(CCN(Cc3ccccc3)[C@@H](C)C2)N(c2cccc(F)c2)C1=O. The molecule has 4 rings (SSSR count). The van der Waals surface area contributed by atoms with Crippen LogP contribution in [0.15, 0.2) is 54.6 Å². The lowest BCUT2D eigenvalue weighted by Gasteiger charge is -2.47. The van der Waals surface area contributed by atoms with Crippen LogP contribution in [-0.2, 0) is 20.9 Å². The second kappa shape index (κ2) is 8.82. The van der Waals surface area contributed by atoms with E-state index in [1.54, 1.807) is 19.1 Å². The highest BCUT2D eigenvalue weighted by Crippen LogP contribution is 2.44. The molecular weight excluding hydrogens is 409 g/mol. The molecule has 0 aromatic heterocycles. The molecule has 6 nitrogen and oxygen atoms in total. The third-order valence-electron chi connectivity index (χ3n) is 6.57. The Morgan fingerprint density at radius 1 is 1.22 bits per heavy atom. The minimum atomic E-state index is -1.29. The molecule has 1 amide bonds. The highest BCUT2D eigenvalue weighted by atomic mass is 19.1.